The van der Waals surface area contributed by atoms with Crippen LogP contribution in [0, 0.1) is 5.82 Å². The van der Waals surface area contributed by atoms with Gasteiger partial charge in [-0.1, -0.05) is 30.3 Å². The molecule has 134 valence electrons. The Hall–Kier alpha value is -2.44. The van der Waals surface area contributed by atoms with Crippen LogP contribution in [0.15, 0.2) is 48.5 Å². The second-order valence-electron chi connectivity index (χ2n) is 5.68. The van der Waals surface area contributed by atoms with Crippen LogP contribution in [0.2, 0.25) is 0 Å². The number of amides is 2. The van der Waals surface area contributed by atoms with Crippen LogP contribution < -0.4 is 10.6 Å². The van der Waals surface area contributed by atoms with E-state index in [1.54, 1.807) is 13.0 Å². The molecule has 0 aliphatic heterocycles. The number of rotatable bonds is 7. The number of benzene rings is 2. The normalized spacial score (nSPS) is 13.1. The molecule has 6 heteroatoms. The zero-order valence-electron chi connectivity index (χ0n) is 14.3. The summed E-state index contributed by atoms with van der Waals surface area (Å²) in [6, 6.07) is 11.9. The molecule has 2 rings (SSSR count). The lowest BCUT2D eigenvalue weighted by Gasteiger charge is -2.21. The first-order valence-electron chi connectivity index (χ1n) is 8.18. The van der Waals surface area contributed by atoms with Crippen LogP contribution in [0.1, 0.15) is 31.1 Å². The molecule has 0 bridgehead atoms. The zero-order chi connectivity index (χ0) is 18.2. The maximum absolute atomic E-state index is 13.0. The van der Waals surface area contributed by atoms with Gasteiger partial charge in [-0.3, -0.25) is 0 Å². The van der Waals surface area contributed by atoms with Crippen molar-refractivity contribution < 1.29 is 19.0 Å². The van der Waals surface area contributed by atoms with E-state index in [1.165, 1.54) is 24.3 Å². The molecule has 2 atom stereocenters. The van der Waals surface area contributed by atoms with Crippen molar-refractivity contribution in [3.05, 3.63) is 65.5 Å². The Balaban J connectivity index is 1.96. The number of hydrogen-bond acceptors (Lipinski definition) is 3. The summed E-state index contributed by atoms with van der Waals surface area (Å²) in [5, 5.41) is 15.7. The maximum Gasteiger partial charge on any atom is 0.319 e. The van der Waals surface area contributed by atoms with Crippen LogP contribution in [0.3, 0.4) is 0 Å². The first-order valence-corrected chi connectivity index (χ1v) is 8.18. The number of ether oxygens (including phenoxy) is 1. The number of para-hydroxylation sites is 1. The summed E-state index contributed by atoms with van der Waals surface area (Å²) in [5.41, 5.74) is 2.05. The summed E-state index contributed by atoms with van der Waals surface area (Å²) in [4.78, 5) is 12.2. The number of carbonyl (C=O) groups is 1. The highest BCUT2D eigenvalue weighted by Gasteiger charge is 2.19. The van der Waals surface area contributed by atoms with Crippen LogP contribution in [-0.2, 0) is 11.3 Å². The average Bonchev–Trinajstić information content (AvgIpc) is 2.61. The molecule has 3 N–H and O–H groups in total. The second-order valence-corrected chi connectivity index (χ2v) is 5.68. The molecule has 0 aromatic heterocycles. The Labute approximate surface area is 146 Å². The SMILES string of the molecule is CCOCc1ccccc1NC(=O)NC(C)C(O)c1ccc(F)cc1. The van der Waals surface area contributed by atoms with Crippen molar-refractivity contribution in [2.24, 2.45) is 0 Å². The zero-order valence-corrected chi connectivity index (χ0v) is 14.3. The van der Waals surface area contributed by atoms with Gasteiger partial charge in [0.15, 0.2) is 0 Å². The van der Waals surface area contributed by atoms with Gasteiger partial charge in [-0.15, -0.1) is 0 Å². The third-order valence-corrected chi connectivity index (χ3v) is 3.77. The molecule has 0 aliphatic carbocycles. The standard InChI is InChI=1S/C19H23FN2O3/c1-3-25-12-15-6-4-5-7-17(15)22-19(24)21-13(2)18(23)14-8-10-16(20)11-9-14/h4-11,13,18,23H,3,12H2,1-2H3,(H2,21,22,24). The molecule has 0 saturated heterocycles. The Morgan fingerprint density at radius 1 is 1.20 bits per heavy atom. The molecule has 0 heterocycles. The molecule has 2 aromatic carbocycles. The smallest absolute Gasteiger partial charge is 0.319 e. The Morgan fingerprint density at radius 3 is 2.56 bits per heavy atom. The largest absolute Gasteiger partial charge is 0.386 e. The molecule has 2 amide bonds. The first kappa shape index (κ1) is 18.9. The van der Waals surface area contributed by atoms with E-state index in [0.717, 1.165) is 5.56 Å². The van der Waals surface area contributed by atoms with E-state index in [4.69, 9.17) is 4.74 Å². The number of halogens is 1. The topological polar surface area (TPSA) is 70.6 Å². The number of anilines is 1. The fourth-order valence-corrected chi connectivity index (χ4v) is 2.37. The average molecular weight is 346 g/mol. The molecule has 0 fully saturated rings. The van der Waals surface area contributed by atoms with Crippen molar-refractivity contribution in [3.8, 4) is 0 Å². The molecule has 25 heavy (non-hydrogen) atoms. The number of hydrogen-bond donors (Lipinski definition) is 3. The summed E-state index contributed by atoms with van der Waals surface area (Å²) < 4.78 is 18.3. The van der Waals surface area contributed by atoms with Crippen LogP contribution in [0.5, 0.6) is 0 Å². The lowest BCUT2D eigenvalue weighted by atomic mass is 10.0. The predicted octanol–water partition coefficient (Wildman–Crippen LogP) is 3.61. The van der Waals surface area contributed by atoms with Crippen LogP contribution >= 0.6 is 0 Å². The highest BCUT2D eigenvalue weighted by Crippen LogP contribution is 2.18. The van der Waals surface area contributed by atoms with Gasteiger partial charge in [0.1, 0.15) is 5.82 Å². The molecule has 0 spiro atoms. The Bertz CT molecular complexity index is 691. The molecular weight excluding hydrogens is 323 g/mol. The van der Waals surface area contributed by atoms with Crippen molar-refractivity contribution in [1.29, 1.82) is 0 Å². The van der Waals surface area contributed by atoms with Gasteiger partial charge < -0.3 is 20.5 Å². The van der Waals surface area contributed by atoms with Crippen LogP contribution in [0.25, 0.3) is 0 Å². The van der Waals surface area contributed by atoms with E-state index in [2.05, 4.69) is 10.6 Å². The van der Waals surface area contributed by atoms with Crippen LogP contribution in [0.4, 0.5) is 14.9 Å². The van der Waals surface area contributed by atoms with E-state index >= 15 is 0 Å². The lowest BCUT2D eigenvalue weighted by molar-refractivity contribution is 0.134. The summed E-state index contributed by atoms with van der Waals surface area (Å²) in [6.45, 7) is 4.57. The van der Waals surface area contributed by atoms with Gasteiger partial charge in [-0.2, -0.15) is 0 Å². The fourth-order valence-electron chi connectivity index (χ4n) is 2.37. The molecule has 2 unspecified atom stereocenters. The number of aliphatic hydroxyl groups is 1. The minimum absolute atomic E-state index is 0.375. The molecule has 0 radical (unpaired) electrons. The molecule has 0 aliphatic rings. The number of urea groups is 1. The van der Waals surface area contributed by atoms with Gasteiger partial charge >= 0.3 is 6.03 Å². The molecule has 0 saturated carbocycles. The molecular formula is C19H23FN2O3. The number of carbonyl (C=O) groups excluding carboxylic acids is 1. The third kappa shape index (κ3) is 5.55. The van der Waals surface area contributed by atoms with E-state index < -0.39 is 18.2 Å². The van der Waals surface area contributed by atoms with Gasteiger partial charge in [0, 0.05) is 17.9 Å². The monoisotopic (exact) mass is 346 g/mol. The van der Waals surface area contributed by atoms with Gasteiger partial charge in [-0.25, -0.2) is 9.18 Å². The molecule has 2 aromatic rings. The van der Waals surface area contributed by atoms with Gasteiger partial charge in [0.2, 0.25) is 0 Å². The van der Waals surface area contributed by atoms with E-state index in [9.17, 15) is 14.3 Å². The number of nitrogens with one attached hydrogen (secondary N) is 2. The predicted molar refractivity (Wildman–Crippen MR) is 94.7 cm³/mol. The van der Waals surface area contributed by atoms with Crippen molar-refractivity contribution in [2.75, 3.05) is 11.9 Å². The van der Waals surface area contributed by atoms with Crippen molar-refractivity contribution in [3.63, 3.8) is 0 Å². The van der Waals surface area contributed by atoms with Gasteiger partial charge in [-0.05, 0) is 37.6 Å². The van der Waals surface area contributed by atoms with Gasteiger partial charge in [0.25, 0.3) is 0 Å². The third-order valence-electron chi connectivity index (χ3n) is 3.77. The summed E-state index contributed by atoms with van der Waals surface area (Å²) in [6.07, 6.45) is -0.940. The summed E-state index contributed by atoms with van der Waals surface area (Å²) >= 11 is 0. The van der Waals surface area contributed by atoms with E-state index in [-0.39, 0.29) is 5.82 Å². The summed E-state index contributed by atoms with van der Waals surface area (Å²) in [5.74, 6) is -0.375. The van der Waals surface area contributed by atoms with Gasteiger partial charge in [0.05, 0.1) is 18.8 Å². The van der Waals surface area contributed by atoms with Crippen molar-refractivity contribution >= 4 is 11.7 Å². The lowest BCUT2D eigenvalue weighted by Crippen LogP contribution is -2.39. The first-order chi connectivity index (χ1) is 12.0. The Kier molecular flexibility index (Phi) is 6.91. The van der Waals surface area contributed by atoms with E-state index in [0.29, 0.717) is 24.5 Å². The molecule has 5 nitrogen and oxygen atoms in total. The second kappa shape index (κ2) is 9.15. The van der Waals surface area contributed by atoms with Crippen LogP contribution in [-0.4, -0.2) is 23.8 Å². The number of aliphatic hydroxyl groups excluding tert-OH is 1. The van der Waals surface area contributed by atoms with E-state index in [1.807, 2.05) is 25.1 Å². The Morgan fingerprint density at radius 2 is 1.88 bits per heavy atom. The van der Waals surface area contributed by atoms with Crippen molar-refractivity contribution in [1.82, 2.24) is 5.32 Å². The minimum Gasteiger partial charge on any atom is -0.386 e. The minimum atomic E-state index is -0.940. The fraction of sp³-hybridized carbons (Fsp3) is 0.316. The summed E-state index contributed by atoms with van der Waals surface area (Å²) in [7, 11) is 0. The highest BCUT2D eigenvalue weighted by atomic mass is 19.1. The van der Waals surface area contributed by atoms with Crippen molar-refractivity contribution in [2.45, 2.75) is 32.6 Å². The quantitative estimate of drug-likeness (QED) is 0.717. The highest BCUT2D eigenvalue weighted by molar-refractivity contribution is 5.90. The maximum atomic E-state index is 13.0.